The first-order valence-corrected chi connectivity index (χ1v) is 5.46. The first kappa shape index (κ1) is 12.2. The molecule has 0 aliphatic rings. The number of aryl methyl sites for hydroxylation is 2. The molecule has 0 aliphatic carbocycles. The summed E-state index contributed by atoms with van der Waals surface area (Å²) in [4.78, 5) is 10.4. The van der Waals surface area contributed by atoms with Crippen molar-refractivity contribution in [2.45, 2.75) is 19.8 Å². The average molecular weight is 249 g/mol. The highest BCUT2D eigenvalue weighted by Gasteiger charge is 2.06. The molecule has 0 aliphatic heterocycles. The lowest BCUT2D eigenvalue weighted by molar-refractivity contribution is -0.136. The molecule has 18 heavy (non-hydrogen) atoms. The zero-order valence-electron chi connectivity index (χ0n) is 9.80. The van der Waals surface area contributed by atoms with Gasteiger partial charge in [0.1, 0.15) is 5.82 Å². The minimum Gasteiger partial charge on any atom is -0.481 e. The van der Waals surface area contributed by atoms with Crippen LogP contribution < -0.4 is 0 Å². The van der Waals surface area contributed by atoms with Gasteiger partial charge in [0, 0.05) is 6.42 Å². The number of nitrogens with zero attached hydrogens (tertiary/aromatic N) is 3. The van der Waals surface area contributed by atoms with Crippen molar-refractivity contribution in [3.8, 4) is 5.69 Å². The van der Waals surface area contributed by atoms with E-state index in [0.29, 0.717) is 23.4 Å². The van der Waals surface area contributed by atoms with Crippen molar-refractivity contribution in [2.75, 3.05) is 0 Å². The van der Waals surface area contributed by atoms with E-state index in [9.17, 15) is 9.18 Å². The maximum Gasteiger partial charge on any atom is 0.303 e. The van der Waals surface area contributed by atoms with Gasteiger partial charge in [-0.2, -0.15) is 0 Å². The molecule has 6 heteroatoms. The number of aromatic nitrogens is 3. The van der Waals surface area contributed by atoms with Gasteiger partial charge in [-0.3, -0.25) is 4.79 Å². The fraction of sp³-hybridized carbons (Fsp3) is 0.250. The van der Waals surface area contributed by atoms with Crippen LogP contribution >= 0.6 is 0 Å². The van der Waals surface area contributed by atoms with Crippen LogP contribution in [0.5, 0.6) is 0 Å². The third kappa shape index (κ3) is 2.71. The number of benzene rings is 1. The van der Waals surface area contributed by atoms with Crippen LogP contribution in [0.2, 0.25) is 0 Å². The molecular formula is C12H12FN3O2. The molecule has 1 aromatic carbocycles. The maximum absolute atomic E-state index is 13.1. The number of hydrogen-bond donors (Lipinski definition) is 1. The Labute approximate surface area is 103 Å². The Balaban J connectivity index is 2.18. The predicted molar refractivity (Wildman–Crippen MR) is 62.0 cm³/mol. The van der Waals surface area contributed by atoms with Crippen molar-refractivity contribution < 1.29 is 14.3 Å². The minimum atomic E-state index is -0.873. The molecular weight excluding hydrogens is 237 g/mol. The van der Waals surface area contributed by atoms with Crippen molar-refractivity contribution in [3.05, 3.63) is 41.5 Å². The lowest BCUT2D eigenvalue weighted by Gasteiger charge is -2.01. The number of carboxylic acid groups (broad SMARTS) is 1. The Kier molecular flexibility index (Phi) is 3.36. The van der Waals surface area contributed by atoms with Crippen molar-refractivity contribution in [1.29, 1.82) is 0 Å². The van der Waals surface area contributed by atoms with Gasteiger partial charge in [-0.05, 0) is 30.7 Å². The van der Waals surface area contributed by atoms with Crippen LogP contribution in [0.4, 0.5) is 4.39 Å². The summed E-state index contributed by atoms with van der Waals surface area (Å²) >= 11 is 0. The zero-order valence-corrected chi connectivity index (χ0v) is 9.80. The number of halogens is 1. The van der Waals surface area contributed by atoms with E-state index in [4.69, 9.17) is 5.11 Å². The monoisotopic (exact) mass is 249 g/mol. The molecule has 1 aromatic heterocycles. The maximum atomic E-state index is 13.1. The number of carbonyl (C=O) groups is 1. The van der Waals surface area contributed by atoms with Gasteiger partial charge in [-0.25, -0.2) is 9.07 Å². The number of carboxylic acids is 1. The lowest BCUT2D eigenvalue weighted by Crippen LogP contribution is -1.97. The molecule has 0 bridgehead atoms. The zero-order chi connectivity index (χ0) is 13.1. The van der Waals surface area contributed by atoms with Crippen molar-refractivity contribution >= 4 is 5.97 Å². The molecule has 0 radical (unpaired) electrons. The predicted octanol–water partition coefficient (Wildman–Crippen LogP) is 1.73. The van der Waals surface area contributed by atoms with Gasteiger partial charge < -0.3 is 5.11 Å². The summed E-state index contributed by atoms with van der Waals surface area (Å²) in [5.41, 5.74) is 1.82. The molecule has 0 saturated carbocycles. The highest BCUT2D eigenvalue weighted by Crippen LogP contribution is 2.13. The molecule has 0 saturated heterocycles. The molecule has 2 aromatic rings. The van der Waals surface area contributed by atoms with E-state index >= 15 is 0 Å². The van der Waals surface area contributed by atoms with Gasteiger partial charge in [0.15, 0.2) is 0 Å². The Morgan fingerprint density at radius 2 is 2.28 bits per heavy atom. The Morgan fingerprint density at radius 3 is 2.94 bits per heavy atom. The summed E-state index contributed by atoms with van der Waals surface area (Å²) in [5, 5.41) is 16.3. The second kappa shape index (κ2) is 4.95. The summed E-state index contributed by atoms with van der Waals surface area (Å²) in [6.45, 7) is 1.67. The van der Waals surface area contributed by atoms with Gasteiger partial charge in [-0.15, -0.1) is 5.10 Å². The topological polar surface area (TPSA) is 68.0 Å². The highest BCUT2D eigenvalue weighted by molar-refractivity contribution is 5.66. The van der Waals surface area contributed by atoms with Crippen LogP contribution in [0.1, 0.15) is 17.7 Å². The van der Waals surface area contributed by atoms with E-state index < -0.39 is 5.97 Å². The first-order chi connectivity index (χ1) is 8.56. The standard InChI is InChI=1S/C12H12FN3O2/c1-8-6-10(3-4-11(8)13)16-7-9(14-15-16)2-5-12(17)18/h3-4,6-7H,2,5H2,1H3,(H,17,18). The fourth-order valence-corrected chi connectivity index (χ4v) is 1.55. The molecule has 1 N–H and O–H groups in total. The van der Waals surface area contributed by atoms with E-state index in [1.165, 1.54) is 10.7 Å². The third-order valence-electron chi connectivity index (χ3n) is 2.54. The molecule has 0 atom stereocenters. The summed E-state index contributed by atoms with van der Waals surface area (Å²) in [5.74, 6) is -1.15. The highest BCUT2D eigenvalue weighted by atomic mass is 19.1. The van der Waals surface area contributed by atoms with E-state index in [-0.39, 0.29) is 12.2 Å². The van der Waals surface area contributed by atoms with Gasteiger partial charge in [0.2, 0.25) is 0 Å². The minimum absolute atomic E-state index is 0.0150. The second-order valence-corrected chi connectivity index (χ2v) is 3.98. The number of hydrogen-bond acceptors (Lipinski definition) is 3. The van der Waals surface area contributed by atoms with Gasteiger partial charge >= 0.3 is 5.97 Å². The largest absolute Gasteiger partial charge is 0.481 e. The number of aliphatic carboxylic acids is 1. The summed E-state index contributed by atoms with van der Waals surface area (Å²) in [6.07, 6.45) is 1.99. The summed E-state index contributed by atoms with van der Waals surface area (Å²) < 4.78 is 14.6. The van der Waals surface area contributed by atoms with Crippen LogP contribution in [0.3, 0.4) is 0 Å². The lowest BCUT2D eigenvalue weighted by atomic mass is 10.2. The normalized spacial score (nSPS) is 10.6. The first-order valence-electron chi connectivity index (χ1n) is 5.46. The van der Waals surface area contributed by atoms with Crippen LogP contribution in [-0.4, -0.2) is 26.1 Å². The van der Waals surface area contributed by atoms with Crippen LogP contribution in [-0.2, 0) is 11.2 Å². The Morgan fingerprint density at radius 1 is 1.50 bits per heavy atom. The van der Waals surface area contributed by atoms with Crippen molar-refractivity contribution in [2.24, 2.45) is 0 Å². The quantitative estimate of drug-likeness (QED) is 0.896. The summed E-state index contributed by atoms with van der Waals surface area (Å²) in [7, 11) is 0. The van der Waals surface area contributed by atoms with E-state index in [0.717, 1.165) is 0 Å². The smallest absolute Gasteiger partial charge is 0.303 e. The van der Waals surface area contributed by atoms with Crippen LogP contribution in [0, 0.1) is 12.7 Å². The summed E-state index contributed by atoms with van der Waals surface area (Å²) in [6, 6.07) is 4.62. The average Bonchev–Trinajstić information content (AvgIpc) is 2.79. The SMILES string of the molecule is Cc1cc(-n2cc(CCC(=O)O)nn2)ccc1F. The van der Waals surface area contributed by atoms with E-state index in [1.807, 2.05) is 0 Å². The van der Waals surface area contributed by atoms with E-state index in [1.54, 1.807) is 25.3 Å². The molecule has 1 heterocycles. The Hall–Kier alpha value is -2.24. The molecule has 94 valence electrons. The molecule has 2 rings (SSSR count). The van der Waals surface area contributed by atoms with Crippen molar-refractivity contribution in [3.63, 3.8) is 0 Å². The van der Waals surface area contributed by atoms with Crippen LogP contribution in [0.15, 0.2) is 24.4 Å². The van der Waals surface area contributed by atoms with Gasteiger partial charge in [-0.1, -0.05) is 5.21 Å². The van der Waals surface area contributed by atoms with Crippen molar-refractivity contribution in [1.82, 2.24) is 15.0 Å². The van der Waals surface area contributed by atoms with Crippen LogP contribution in [0.25, 0.3) is 5.69 Å². The molecule has 0 fully saturated rings. The Bertz CT molecular complexity index is 580. The van der Waals surface area contributed by atoms with Gasteiger partial charge in [0.05, 0.1) is 24.0 Å². The molecule has 0 spiro atoms. The molecule has 0 unspecified atom stereocenters. The number of rotatable bonds is 4. The van der Waals surface area contributed by atoms with E-state index in [2.05, 4.69) is 10.3 Å². The fourth-order valence-electron chi connectivity index (χ4n) is 1.55. The molecule has 5 nitrogen and oxygen atoms in total. The third-order valence-corrected chi connectivity index (χ3v) is 2.54. The van der Waals surface area contributed by atoms with Gasteiger partial charge in [0.25, 0.3) is 0 Å². The molecule has 0 amide bonds. The second-order valence-electron chi connectivity index (χ2n) is 3.98.